The molecule has 1 amide bonds. The third-order valence-corrected chi connectivity index (χ3v) is 3.48. The number of fused-ring (bicyclic) bond motifs is 1. The summed E-state index contributed by atoms with van der Waals surface area (Å²) in [4.78, 5) is 10.8. The van der Waals surface area contributed by atoms with Gasteiger partial charge in [0.05, 0.1) is 0 Å². The van der Waals surface area contributed by atoms with Gasteiger partial charge in [0.15, 0.2) is 0 Å². The summed E-state index contributed by atoms with van der Waals surface area (Å²) in [5, 5.41) is 10.9. The second-order valence-corrected chi connectivity index (χ2v) is 5.14. The molecule has 2 aromatic carbocycles. The monoisotopic (exact) mass is 283 g/mol. The lowest BCUT2D eigenvalue weighted by Crippen LogP contribution is -2.17. The maximum atomic E-state index is 10.8. The van der Waals surface area contributed by atoms with Gasteiger partial charge in [-0.2, -0.15) is 0 Å². The largest absolute Gasteiger partial charge is 0.289 e. The summed E-state index contributed by atoms with van der Waals surface area (Å²) in [6, 6.07) is 14.8. The number of hydroxylamine groups is 1. The highest BCUT2D eigenvalue weighted by molar-refractivity contribution is 5.84. The first-order valence-electron chi connectivity index (χ1n) is 7.38. The highest BCUT2D eigenvalue weighted by Gasteiger charge is 1.97. The number of rotatable bonds is 7. The first-order valence-corrected chi connectivity index (χ1v) is 7.38. The zero-order valence-corrected chi connectivity index (χ0v) is 12.1. The standard InChI is InChI=1S/C18H21NO2/c20-18(19-21)11-5-3-1-2-4-8-15-12-13-16-9-6-7-10-17(16)14-15/h4,6-10,12-14,21H,1-3,5,11H2,(H,19,20). The number of nitrogens with one attached hydrogen (secondary N) is 1. The SMILES string of the molecule is O=C(CCCCCC=Cc1ccc2ccccc2c1)NO. The second-order valence-electron chi connectivity index (χ2n) is 5.14. The van der Waals surface area contributed by atoms with E-state index in [9.17, 15) is 4.79 Å². The first-order chi connectivity index (χ1) is 10.3. The van der Waals surface area contributed by atoms with Gasteiger partial charge < -0.3 is 0 Å². The maximum absolute atomic E-state index is 10.8. The fourth-order valence-electron chi connectivity index (χ4n) is 2.31. The van der Waals surface area contributed by atoms with Gasteiger partial charge >= 0.3 is 0 Å². The minimum atomic E-state index is -0.304. The summed E-state index contributed by atoms with van der Waals surface area (Å²) in [5.74, 6) is -0.304. The van der Waals surface area contributed by atoms with Crippen LogP contribution >= 0.6 is 0 Å². The summed E-state index contributed by atoms with van der Waals surface area (Å²) in [6.45, 7) is 0. The Morgan fingerprint density at radius 2 is 1.86 bits per heavy atom. The average Bonchev–Trinajstić information content (AvgIpc) is 2.53. The minimum absolute atomic E-state index is 0.304. The van der Waals surface area contributed by atoms with Crippen molar-refractivity contribution in [1.82, 2.24) is 5.48 Å². The Kier molecular flexibility index (Phi) is 5.98. The molecule has 3 heteroatoms. The zero-order valence-electron chi connectivity index (χ0n) is 12.1. The Morgan fingerprint density at radius 1 is 1.05 bits per heavy atom. The van der Waals surface area contributed by atoms with E-state index < -0.39 is 0 Å². The molecule has 0 spiro atoms. The molecule has 0 aliphatic rings. The van der Waals surface area contributed by atoms with Crippen molar-refractivity contribution in [2.45, 2.75) is 32.1 Å². The van der Waals surface area contributed by atoms with Crippen molar-refractivity contribution in [2.24, 2.45) is 0 Å². The molecule has 0 radical (unpaired) electrons. The number of benzene rings is 2. The number of hydrogen-bond acceptors (Lipinski definition) is 2. The smallest absolute Gasteiger partial charge is 0.243 e. The molecule has 0 atom stereocenters. The molecular formula is C18H21NO2. The molecule has 0 aliphatic heterocycles. The van der Waals surface area contributed by atoms with E-state index in [0.29, 0.717) is 6.42 Å². The van der Waals surface area contributed by atoms with Crippen LogP contribution in [-0.4, -0.2) is 11.1 Å². The van der Waals surface area contributed by atoms with Crippen LogP contribution in [0.2, 0.25) is 0 Å². The van der Waals surface area contributed by atoms with Crippen molar-refractivity contribution in [2.75, 3.05) is 0 Å². The van der Waals surface area contributed by atoms with E-state index in [2.05, 4.69) is 54.6 Å². The van der Waals surface area contributed by atoms with Gasteiger partial charge in [-0.25, -0.2) is 5.48 Å². The molecular weight excluding hydrogens is 262 g/mol. The van der Waals surface area contributed by atoms with Crippen LogP contribution in [0.1, 0.15) is 37.7 Å². The Labute approximate surface area is 125 Å². The van der Waals surface area contributed by atoms with Gasteiger partial charge in [-0.15, -0.1) is 0 Å². The fraction of sp³-hybridized carbons (Fsp3) is 0.278. The number of amides is 1. The molecule has 2 aromatic rings. The molecule has 2 rings (SSSR count). The number of carbonyl (C=O) groups excluding carboxylic acids is 1. The maximum Gasteiger partial charge on any atom is 0.243 e. The molecule has 3 nitrogen and oxygen atoms in total. The average molecular weight is 283 g/mol. The minimum Gasteiger partial charge on any atom is -0.289 e. The third-order valence-electron chi connectivity index (χ3n) is 3.48. The van der Waals surface area contributed by atoms with E-state index >= 15 is 0 Å². The van der Waals surface area contributed by atoms with Gasteiger partial charge in [0.2, 0.25) is 5.91 Å². The van der Waals surface area contributed by atoms with E-state index in [1.54, 1.807) is 5.48 Å². The lowest BCUT2D eigenvalue weighted by atomic mass is 10.1. The summed E-state index contributed by atoms with van der Waals surface area (Å²) in [5.41, 5.74) is 2.87. The van der Waals surface area contributed by atoms with E-state index in [4.69, 9.17) is 5.21 Å². The normalized spacial score (nSPS) is 11.1. The molecule has 0 saturated heterocycles. The van der Waals surface area contributed by atoms with Gasteiger partial charge in [-0.1, -0.05) is 55.0 Å². The van der Waals surface area contributed by atoms with Crippen molar-refractivity contribution in [3.8, 4) is 0 Å². The Hall–Kier alpha value is -2.13. The number of allylic oxidation sites excluding steroid dienone is 1. The lowest BCUT2D eigenvalue weighted by molar-refractivity contribution is -0.129. The summed E-state index contributed by atoms with van der Waals surface area (Å²) < 4.78 is 0. The van der Waals surface area contributed by atoms with Gasteiger partial charge in [0, 0.05) is 6.42 Å². The molecule has 0 heterocycles. The predicted molar refractivity (Wildman–Crippen MR) is 86.0 cm³/mol. The highest BCUT2D eigenvalue weighted by atomic mass is 16.5. The number of hydrogen-bond donors (Lipinski definition) is 2. The predicted octanol–water partition coefficient (Wildman–Crippen LogP) is 4.31. The molecule has 21 heavy (non-hydrogen) atoms. The molecule has 0 aliphatic carbocycles. The van der Waals surface area contributed by atoms with Gasteiger partial charge in [0.1, 0.15) is 0 Å². The van der Waals surface area contributed by atoms with Crippen molar-refractivity contribution in [3.63, 3.8) is 0 Å². The number of unbranched alkanes of at least 4 members (excludes halogenated alkanes) is 3. The quantitative estimate of drug-likeness (QED) is 0.452. The van der Waals surface area contributed by atoms with Crippen LogP contribution in [0.25, 0.3) is 16.8 Å². The van der Waals surface area contributed by atoms with Crippen molar-refractivity contribution < 1.29 is 10.0 Å². The zero-order chi connectivity index (χ0) is 14.9. The molecule has 2 N–H and O–H groups in total. The van der Waals surface area contributed by atoms with Crippen molar-refractivity contribution in [3.05, 3.63) is 54.1 Å². The summed E-state index contributed by atoms with van der Waals surface area (Å²) in [6.07, 6.45) is 8.59. The van der Waals surface area contributed by atoms with E-state index in [1.807, 2.05) is 0 Å². The molecule has 0 unspecified atom stereocenters. The van der Waals surface area contributed by atoms with Crippen LogP contribution in [0.3, 0.4) is 0 Å². The molecule has 0 aromatic heterocycles. The van der Waals surface area contributed by atoms with Crippen LogP contribution in [0.4, 0.5) is 0 Å². The highest BCUT2D eigenvalue weighted by Crippen LogP contribution is 2.16. The van der Waals surface area contributed by atoms with E-state index in [0.717, 1.165) is 25.7 Å². The van der Waals surface area contributed by atoms with Crippen LogP contribution in [0.15, 0.2) is 48.5 Å². The Bertz CT molecular complexity index is 619. The molecule has 0 saturated carbocycles. The van der Waals surface area contributed by atoms with Gasteiger partial charge in [-0.05, 0) is 41.7 Å². The van der Waals surface area contributed by atoms with E-state index in [-0.39, 0.29) is 5.91 Å². The summed E-state index contributed by atoms with van der Waals surface area (Å²) >= 11 is 0. The summed E-state index contributed by atoms with van der Waals surface area (Å²) in [7, 11) is 0. The second kappa shape index (κ2) is 8.22. The fourth-order valence-corrected chi connectivity index (χ4v) is 2.31. The van der Waals surface area contributed by atoms with Crippen LogP contribution in [-0.2, 0) is 4.79 Å². The Morgan fingerprint density at radius 3 is 2.67 bits per heavy atom. The topological polar surface area (TPSA) is 49.3 Å². The number of carbonyl (C=O) groups is 1. The Balaban J connectivity index is 1.74. The van der Waals surface area contributed by atoms with Crippen LogP contribution < -0.4 is 5.48 Å². The van der Waals surface area contributed by atoms with Crippen molar-refractivity contribution >= 4 is 22.8 Å². The van der Waals surface area contributed by atoms with Crippen LogP contribution in [0, 0.1) is 0 Å². The molecule has 110 valence electrons. The molecule has 0 fully saturated rings. The lowest BCUT2D eigenvalue weighted by Gasteiger charge is -2.00. The van der Waals surface area contributed by atoms with E-state index in [1.165, 1.54) is 16.3 Å². The molecule has 0 bridgehead atoms. The first kappa shape index (κ1) is 15.3. The third kappa shape index (κ3) is 5.04. The van der Waals surface area contributed by atoms with Gasteiger partial charge in [0.25, 0.3) is 0 Å². The van der Waals surface area contributed by atoms with Gasteiger partial charge in [-0.3, -0.25) is 10.0 Å². The van der Waals surface area contributed by atoms with Crippen molar-refractivity contribution in [1.29, 1.82) is 0 Å². The van der Waals surface area contributed by atoms with Crippen LogP contribution in [0.5, 0.6) is 0 Å².